The number of carbonyl (C=O) groups is 1. The molecular formula is C11H14ClFN2O3S. The van der Waals surface area contributed by atoms with Crippen LogP contribution in [0.15, 0.2) is 23.1 Å². The van der Waals surface area contributed by atoms with E-state index in [1.54, 1.807) is 13.8 Å². The molecule has 0 aliphatic heterocycles. The van der Waals surface area contributed by atoms with Crippen LogP contribution in [0.5, 0.6) is 0 Å². The van der Waals surface area contributed by atoms with Crippen LogP contribution in [0, 0.1) is 11.7 Å². The Morgan fingerprint density at radius 2 is 2.00 bits per heavy atom. The van der Waals surface area contributed by atoms with E-state index in [4.69, 9.17) is 17.3 Å². The maximum absolute atomic E-state index is 13.1. The molecule has 0 aliphatic rings. The van der Waals surface area contributed by atoms with Gasteiger partial charge in [0.1, 0.15) is 16.8 Å². The number of rotatable bonds is 5. The Morgan fingerprint density at radius 3 is 2.47 bits per heavy atom. The molecule has 0 aromatic heterocycles. The van der Waals surface area contributed by atoms with E-state index in [1.165, 1.54) is 0 Å². The molecule has 1 unspecified atom stereocenters. The van der Waals surface area contributed by atoms with Gasteiger partial charge in [0.15, 0.2) is 0 Å². The average molecular weight is 309 g/mol. The lowest BCUT2D eigenvalue weighted by Crippen LogP contribution is -2.47. The van der Waals surface area contributed by atoms with E-state index < -0.39 is 32.7 Å². The number of sulfonamides is 1. The third-order valence-electron chi connectivity index (χ3n) is 2.44. The van der Waals surface area contributed by atoms with Gasteiger partial charge in [-0.25, -0.2) is 12.8 Å². The van der Waals surface area contributed by atoms with Crippen LogP contribution in [0.2, 0.25) is 5.02 Å². The first-order chi connectivity index (χ1) is 8.65. The van der Waals surface area contributed by atoms with E-state index in [0.717, 1.165) is 18.2 Å². The average Bonchev–Trinajstić information content (AvgIpc) is 2.28. The zero-order chi connectivity index (χ0) is 14.8. The number of halogens is 2. The molecule has 1 rings (SSSR count). The van der Waals surface area contributed by atoms with Gasteiger partial charge in [-0.15, -0.1) is 0 Å². The van der Waals surface area contributed by atoms with Crippen LogP contribution in [-0.4, -0.2) is 20.4 Å². The second kappa shape index (κ2) is 5.85. The number of amides is 1. The minimum Gasteiger partial charge on any atom is -0.368 e. The number of primary amides is 1. The molecule has 0 saturated carbocycles. The van der Waals surface area contributed by atoms with Crippen LogP contribution in [0.4, 0.5) is 4.39 Å². The van der Waals surface area contributed by atoms with Crippen molar-refractivity contribution < 1.29 is 17.6 Å². The van der Waals surface area contributed by atoms with Crippen molar-refractivity contribution in [2.24, 2.45) is 11.7 Å². The van der Waals surface area contributed by atoms with E-state index >= 15 is 0 Å². The van der Waals surface area contributed by atoms with Gasteiger partial charge in [0.25, 0.3) is 0 Å². The highest BCUT2D eigenvalue weighted by atomic mass is 35.5. The minimum atomic E-state index is -4.13. The maximum Gasteiger partial charge on any atom is 0.242 e. The molecule has 3 N–H and O–H groups in total. The first-order valence-corrected chi connectivity index (χ1v) is 7.28. The van der Waals surface area contributed by atoms with Crippen molar-refractivity contribution in [3.63, 3.8) is 0 Å². The molecule has 8 heteroatoms. The largest absolute Gasteiger partial charge is 0.368 e. The van der Waals surface area contributed by atoms with E-state index in [1.807, 2.05) is 0 Å². The molecule has 0 bridgehead atoms. The number of hydrogen-bond acceptors (Lipinski definition) is 3. The van der Waals surface area contributed by atoms with Gasteiger partial charge < -0.3 is 5.73 Å². The molecule has 0 radical (unpaired) electrons. The van der Waals surface area contributed by atoms with E-state index in [2.05, 4.69) is 4.72 Å². The molecule has 1 aromatic rings. The van der Waals surface area contributed by atoms with Crippen LogP contribution in [0.25, 0.3) is 0 Å². The van der Waals surface area contributed by atoms with Gasteiger partial charge >= 0.3 is 0 Å². The SMILES string of the molecule is CC(C)C(NS(=O)(=O)c1cc(F)ccc1Cl)C(N)=O. The standard InChI is InChI=1S/C11H14ClFN2O3S/c1-6(2)10(11(14)16)15-19(17,18)9-5-7(13)3-4-8(9)12/h3-6,10,15H,1-2H3,(H2,14,16). The van der Waals surface area contributed by atoms with Gasteiger partial charge in [0, 0.05) is 0 Å². The molecule has 19 heavy (non-hydrogen) atoms. The number of hydrogen-bond donors (Lipinski definition) is 2. The zero-order valence-corrected chi connectivity index (χ0v) is 11.9. The number of nitrogens with two attached hydrogens (primary N) is 1. The maximum atomic E-state index is 13.1. The lowest BCUT2D eigenvalue weighted by Gasteiger charge is -2.19. The molecule has 0 aliphatic carbocycles. The van der Waals surface area contributed by atoms with Crippen molar-refractivity contribution in [1.29, 1.82) is 0 Å². The Balaban J connectivity index is 3.17. The fourth-order valence-electron chi connectivity index (χ4n) is 1.44. The molecule has 0 fully saturated rings. The third kappa shape index (κ3) is 3.89. The summed E-state index contributed by atoms with van der Waals surface area (Å²) in [6.07, 6.45) is 0. The van der Waals surface area contributed by atoms with Gasteiger partial charge in [0.2, 0.25) is 15.9 Å². The predicted molar refractivity (Wildman–Crippen MR) is 69.6 cm³/mol. The number of carbonyl (C=O) groups excluding carboxylic acids is 1. The minimum absolute atomic E-state index is 0.138. The fraction of sp³-hybridized carbons (Fsp3) is 0.364. The van der Waals surface area contributed by atoms with Gasteiger partial charge in [-0.3, -0.25) is 4.79 Å². The smallest absolute Gasteiger partial charge is 0.242 e. The topological polar surface area (TPSA) is 89.3 Å². The molecule has 0 spiro atoms. The van der Waals surface area contributed by atoms with Gasteiger partial charge in [-0.1, -0.05) is 25.4 Å². The molecule has 106 valence electrons. The third-order valence-corrected chi connectivity index (χ3v) is 4.36. The Labute approximate surface area is 116 Å². The summed E-state index contributed by atoms with van der Waals surface area (Å²) in [7, 11) is -4.13. The monoisotopic (exact) mass is 308 g/mol. The highest BCUT2D eigenvalue weighted by Crippen LogP contribution is 2.22. The summed E-state index contributed by atoms with van der Waals surface area (Å²) in [5, 5.41) is -0.138. The van der Waals surface area contributed by atoms with Crippen molar-refractivity contribution in [1.82, 2.24) is 4.72 Å². The van der Waals surface area contributed by atoms with Crippen LogP contribution < -0.4 is 10.5 Å². The predicted octanol–water partition coefficient (Wildman–Crippen LogP) is 1.27. The van der Waals surface area contributed by atoms with Crippen molar-refractivity contribution in [2.75, 3.05) is 0 Å². The van der Waals surface area contributed by atoms with E-state index in [9.17, 15) is 17.6 Å². The Bertz CT molecular complexity index is 590. The van der Waals surface area contributed by atoms with Crippen molar-refractivity contribution >= 4 is 27.5 Å². The highest BCUT2D eigenvalue weighted by Gasteiger charge is 2.28. The molecule has 5 nitrogen and oxygen atoms in total. The van der Waals surface area contributed by atoms with Crippen LogP contribution >= 0.6 is 11.6 Å². The van der Waals surface area contributed by atoms with Crippen LogP contribution in [-0.2, 0) is 14.8 Å². The second-order valence-electron chi connectivity index (χ2n) is 4.32. The summed E-state index contributed by atoms with van der Waals surface area (Å²) < 4.78 is 39.3. The quantitative estimate of drug-likeness (QED) is 0.858. The normalized spacial score (nSPS) is 13.5. The van der Waals surface area contributed by atoms with Crippen LogP contribution in [0.3, 0.4) is 0 Å². The molecule has 1 aromatic carbocycles. The first kappa shape index (κ1) is 15.9. The molecule has 1 atom stereocenters. The Kier molecular flexibility index (Phi) is 4.89. The van der Waals surface area contributed by atoms with Gasteiger partial charge in [-0.2, -0.15) is 4.72 Å². The fourth-order valence-corrected chi connectivity index (χ4v) is 3.30. The second-order valence-corrected chi connectivity index (χ2v) is 6.41. The Morgan fingerprint density at radius 1 is 1.42 bits per heavy atom. The lowest BCUT2D eigenvalue weighted by atomic mass is 10.1. The highest BCUT2D eigenvalue weighted by molar-refractivity contribution is 7.89. The zero-order valence-electron chi connectivity index (χ0n) is 10.4. The summed E-state index contributed by atoms with van der Waals surface area (Å²) in [6, 6.07) is 1.85. The molecule has 0 saturated heterocycles. The van der Waals surface area contributed by atoms with Crippen molar-refractivity contribution in [3.8, 4) is 0 Å². The number of benzene rings is 1. The molecular weight excluding hydrogens is 295 g/mol. The van der Waals surface area contributed by atoms with Gasteiger partial charge in [-0.05, 0) is 24.1 Å². The Hall–Kier alpha value is -1.18. The summed E-state index contributed by atoms with van der Waals surface area (Å²) in [5.74, 6) is -1.91. The summed E-state index contributed by atoms with van der Waals surface area (Å²) in [6.45, 7) is 3.26. The number of nitrogens with one attached hydrogen (secondary N) is 1. The lowest BCUT2D eigenvalue weighted by molar-refractivity contribution is -0.120. The van der Waals surface area contributed by atoms with Crippen LogP contribution in [0.1, 0.15) is 13.8 Å². The van der Waals surface area contributed by atoms with Crippen molar-refractivity contribution in [2.45, 2.75) is 24.8 Å². The van der Waals surface area contributed by atoms with Gasteiger partial charge in [0.05, 0.1) is 5.02 Å². The first-order valence-electron chi connectivity index (χ1n) is 5.42. The van der Waals surface area contributed by atoms with E-state index in [-0.39, 0.29) is 10.9 Å². The summed E-state index contributed by atoms with van der Waals surface area (Å²) in [5.41, 5.74) is 5.12. The molecule has 0 heterocycles. The van der Waals surface area contributed by atoms with Crippen molar-refractivity contribution in [3.05, 3.63) is 29.0 Å². The summed E-state index contributed by atoms with van der Waals surface area (Å²) >= 11 is 5.72. The van der Waals surface area contributed by atoms with E-state index in [0.29, 0.717) is 0 Å². The summed E-state index contributed by atoms with van der Waals surface area (Å²) in [4.78, 5) is 10.8. The molecule has 1 amide bonds.